The number of rotatable bonds is 0. The molecule has 2 nitrogen and oxygen atoms in total. The Morgan fingerprint density at radius 3 is 3.09 bits per heavy atom. The van der Waals surface area contributed by atoms with Gasteiger partial charge in [-0.2, -0.15) is 0 Å². The minimum Gasteiger partial charge on any atom is -0.373 e. The first-order chi connectivity index (χ1) is 5.27. The number of nitrogens with one attached hydrogen (secondary N) is 1. The van der Waals surface area contributed by atoms with Gasteiger partial charge in [0.2, 0.25) is 0 Å². The summed E-state index contributed by atoms with van der Waals surface area (Å²) in [5, 5.41) is 12.3. The number of aryl methyl sites for hydroxylation is 1. The molecule has 0 bridgehead atoms. The molecule has 11 heavy (non-hydrogen) atoms. The number of aliphatic hydroxyl groups is 1. The third-order valence-corrected chi connectivity index (χ3v) is 2.13. The number of benzene rings is 1. The Morgan fingerprint density at radius 2 is 2.36 bits per heavy atom. The standard InChI is InChI=1S/C9H11NO/c1-6-3-2-4-8-7(6)5-9(11)10-8/h2-4,9-11H,5H2,1H3. The summed E-state index contributed by atoms with van der Waals surface area (Å²) in [7, 11) is 0. The first kappa shape index (κ1) is 6.68. The molecule has 0 fully saturated rings. The fraction of sp³-hybridized carbons (Fsp3) is 0.333. The van der Waals surface area contributed by atoms with Gasteiger partial charge in [-0.1, -0.05) is 12.1 Å². The van der Waals surface area contributed by atoms with Gasteiger partial charge in [0.05, 0.1) is 0 Å². The van der Waals surface area contributed by atoms with Crippen LogP contribution < -0.4 is 5.32 Å². The van der Waals surface area contributed by atoms with Crippen molar-refractivity contribution in [3.8, 4) is 0 Å². The maximum atomic E-state index is 9.26. The van der Waals surface area contributed by atoms with E-state index in [0.29, 0.717) is 0 Å². The molecular formula is C9H11NO. The van der Waals surface area contributed by atoms with Gasteiger partial charge in [0.15, 0.2) is 0 Å². The lowest BCUT2D eigenvalue weighted by molar-refractivity contribution is 0.212. The monoisotopic (exact) mass is 149 g/mol. The SMILES string of the molecule is Cc1cccc2c1CC(O)N2. The largest absolute Gasteiger partial charge is 0.373 e. The number of hydrogen-bond donors (Lipinski definition) is 2. The Balaban J connectivity index is 2.49. The third kappa shape index (κ3) is 0.994. The maximum Gasteiger partial charge on any atom is 0.128 e. The fourth-order valence-electron chi connectivity index (χ4n) is 1.53. The Labute approximate surface area is 65.9 Å². The van der Waals surface area contributed by atoms with Gasteiger partial charge in [-0.25, -0.2) is 0 Å². The second kappa shape index (κ2) is 2.24. The van der Waals surface area contributed by atoms with Gasteiger partial charge in [-0.3, -0.25) is 0 Å². The lowest BCUT2D eigenvalue weighted by Crippen LogP contribution is -2.12. The highest BCUT2D eigenvalue weighted by atomic mass is 16.3. The predicted molar refractivity (Wildman–Crippen MR) is 44.5 cm³/mol. The molecule has 1 heterocycles. The van der Waals surface area contributed by atoms with Crippen molar-refractivity contribution in [1.82, 2.24) is 0 Å². The molecule has 0 saturated carbocycles. The van der Waals surface area contributed by atoms with Crippen molar-refractivity contribution in [3.05, 3.63) is 29.3 Å². The first-order valence-corrected chi connectivity index (χ1v) is 3.80. The van der Waals surface area contributed by atoms with E-state index in [1.54, 1.807) is 0 Å². The Hall–Kier alpha value is -1.02. The van der Waals surface area contributed by atoms with Gasteiger partial charge in [-0.05, 0) is 24.1 Å². The zero-order valence-corrected chi connectivity index (χ0v) is 6.46. The lowest BCUT2D eigenvalue weighted by Gasteiger charge is -2.00. The van der Waals surface area contributed by atoms with E-state index in [9.17, 15) is 5.11 Å². The first-order valence-electron chi connectivity index (χ1n) is 3.80. The van der Waals surface area contributed by atoms with Crippen molar-refractivity contribution < 1.29 is 5.11 Å². The van der Waals surface area contributed by atoms with Crippen LogP contribution in [0, 0.1) is 6.92 Å². The van der Waals surface area contributed by atoms with Crippen molar-refractivity contribution in [3.63, 3.8) is 0 Å². The minimum absolute atomic E-state index is 0.383. The molecule has 0 saturated heterocycles. The topological polar surface area (TPSA) is 32.3 Å². The van der Waals surface area contributed by atoms with E-state index >= 15 is 0 Å². The number of anilines is 1. The summed E-state index contributed by atoms with van der Waals surface area (Å²) in [6, 6.07) is 6.07. The van der Waals surface area contributed by atoms with Crippen molar-refractivity contribution in [2.24, 2.45) is 0 Å². The Kier molecular flexibility index (Phi) is 1.36. The fourth-order valence-corrected chi connectivity index (χ4v) is 1.53. The van der Waals surface area contributed by atoms with Crippen molar-refractivity contribution in [2.75, 3.05) is 5.32 Å². The molecule has 0 aliphatic carbocycles. The molecule has 1 atom stereocenters. The van der Waals surface area contributed by atoms with Gasteiger partial charge in [0, 0.05) is 12.1 Å². The van der Waals surface area contributed by atoms with Crippen LogP contribution in [0.2, 0.25) is 0 Å². The van der Waals surface area contributed by atoms with E-state index in [-0.39, 0.29) is 6.23 Å². The second-order valence-electron chi connectivity index (χ2n) is 2.97. The molecule has 2 N–H and O–H groups in total. The Morgan fingerprint density at radius 1 is 1.55 bits per heavy atom. The molecule has 0 radical (unpaired) electrons. The third-order valence-electron chi connectivity index (χ3n) is 2.13. The summed E-state index contributed by atoms with van der Waals surface area (Å²) in [4.78, 5) is 0. The highest BCUT2D eigenvalue weighted by molar-refractivity contribution is 5.58. The molecule has 1 aliphatic heterocycles. The van der Waals surface area contributed by atoms with Crippen LogP contribution in [-0.2, 0) is 6.42 Å². The zero-order chi connectivity index (χ0) is 7.84. The second-order valence-corrected chi connectivity index (χ2v) is 2.97. The van der Waals surface area contributed by atoms with Crippen LogP contribution in [0.5, 0.6) is 0 Å². The molecule has 1 unspecified atom stereocenters. The molecule has 0 spiro atoms. The lowest BCUT2D eigenvalue weighted by atomic mass is 10.1. The maximum absolute atomic E-state index is 9.26. The number of fused-ring (bicyclic) bond motifs is 1. The average molecular weight is 149 g/mol. The van der Waals surface area contributed by atoms with Gasteiger partial charge in [-0.15, -0.1) is 0 Å². The highest BCUT2D eigenvalue weighted by Crippen LogP contribution is 2.26. The van der Waals surface area contributed by atoms with Crippen LogP contribution in [0.4, 0.5) is 5.69 Å². The zero-order valence-electron chi connectivity index (χ0n) is 6.46. The molecule has 58 valence electrons. The van der Waals surface area contributed by atoms with Gasteiger partial charge in [0.1, 0.15) is 6.23 Å². The van der Waals surface area contributed by atoms with Gasteiger partial charge in [0.25, 0.3) is 0 Å². The smallest absolute Gasteiger partial charge is 0.128 e. The van der Waals surface area contributed by atoms with E-state index in [0.717, 1.165) is 12.1 Å². The summed E-state index contributed by atoms with van der Waals surface area (Å²) in [5.74, 6) is 0. The normalized spacial score (nSPS) is 21.1. The minimum atomic E-state index is -0.383. The molecule has 1 aromatic rings. The van der Waals surface area contributed by atoms with E-state index in [1.165, 1.54) is 11.1 Å². The van der Waals surface area contributed by atoms with Crippen LogP contribution in [0.1, 0.15) is 11.1 Å². The van der Waals surface area contributed by atoms with Crippen molar-refractivity contribution in [2.45, 2.75) is 19.6 Å². The summed E-state index contributed by atoms with van der Waals surface area (Å²) in [5.41, 5.74) is 3.59. The molecular weight excluding hydrogens is 138 g/mol. The van der Waals surface area contributed by atoms with Crippen LogP contribution in [-0.4, -0.2) is 11.3 Å². The highest BCUT2D eigenvalue weighted by Gasteiger charge is 2.18. The van der Waals surface area contributed by atoms with Crippen molar-refractivity contribution >= 4 is 5.69 Å². The summed E-state index contributed by atoms with van der Waals surface area (Å²) < 4.78 is 0. The van der Waals surface area contributed by atoms with Crippen LogP contribution in [0.3, 0.4) is 0 Å². The molecule has 1 aliphatic rings. The number of hydrogen-bond acceptors (Lipinski definition) is 2. The van der Waals surface area contributed by atoms with E-state index in [4.69, 9.17) is 0 Å². The molecule has 0 aromatic heterocycles. The van der Waals surface area contributed by atoms with Crippen LogP contribution in [0.15, 0.2) is 18.2 Å². The molecule has 2 heteroatoms. The van der Waals surface area contributed by atoms with E-state index < -0.39 is 0 Å². The van der Waals surface area contributed by atoms with Crippen LogP contribution in [0.25, 0.3) is 0 Å². The average Bonchev–Trinajstić information content (AvgIpc) is 2.31. The molecule has 0 amide bonds. The van der Waals surface area contributed by atoms with Gasteiger partial charge < -0.3 is 10.4 Å². The Bertz CT molecular complexity index is 283. The van der Waals surface area contributed by atoms with Gasteiger partial charge >= 0.3 is 0 Å². The summed E-state index contributed by atoms with van der Waals surface area (Å²) >= 11 is 0. The predicted octanol–water partition coefficient (Wildman–Crippen LogP) is 1.28. The summed E-state index contributed by atoms with van der Waals surface area (Å²) in [6.45, 7) is 2.07. The summed E-state index contributed by atoms with van der Waals surface area (Å²) in [6.07, 6.45) is 0.355. The number of aliphatic hydroxyl groups excluding tert-OH is 1. The molecule has 2 rings (SSSR count). The van der Waals surface area contributed by atoms with Crippen molar-refractivity contribution in [1.29, 1.82) is 0 Å². The molecule has 1 aromatic carbocycles. The van der Waals surface area contributed by atoms with Crippen LogP contribution >= 0.6 is 0 Å². The van der Waals surface area contributed by atoms with E-state index in [1.807, 2.05) is 12.1 Å². The van der Waals surface area contributed by atoms with E-state index in [2.05, 4.69) is 18.3 Å². The quantitative estimate of drug-likeness (QED) is 0.582.